The van der Waals surface area contributed by atoms with Crippen LogP contribution < -0.4 is 0 Å². The zero-order chi connectivity index (χ0) is 16.4. The number of morpholine rings is 1. The molecule has 2 aliphatic rings. The van der Waals surface area contributed by atoms with Crippen molar-refractivity contribution in [1.82, 2.24) is 23.7 Å². The summed E-state index contributed by atoms with van der Waals surface area (Å²) in [5, 5.41) is 3.81. The molecule has 2 saturated heterocycles. The van der Waals surface area contributed by atoms with E-state index in [-0.39, 0.29) is 6.04 Å². The van der Waals surface area contributed by atoms with Gasteiger partial charge < -0.3 is 9.26 Å². The average molecular weight is 345 g/mol. The van der Waals surface area contributed by atoms with Gasteiger partial charge in [-0.3, -0.25) is 4.90 Å². The molecule has 0 spiro atoms. The van der Waals surface area contributed by atoms with E-state index in [1.807, 2.05) is 6.92 Å². The lowest BCUT2D eigenvalue weighted by molar-refractivity contribution is 0.0668. The van der Waals surface area contributed by atoms with Gasteiger partial charge in [0.15, 0.2) is 5.82 Å². The molecule has 1 aromatic rings. The minimum Gasteiger partial charge on any atom is -0.379 e. The van der Waals surface area contributed by atoms with Crippen LogP contribution in [0.3, 0.4) is 0 Å². The van der Waals surface area contributed by atoms with Crippen LogP contribution >= 0.6 is 0 Å². The molecule has 9 nitrogen and oxygen atoms in total. The molecule has 0 saturated carbocycles. The number of aryl methyl sites for hydroxylation is 1. The van der Waals surface area contributed by atoms with Crippen LogP contribution in [0.2, 0.25) is 0 Å². The maximum absolute atomic E-state index is 12.6. The van der Waals surface area contributed by atoms with Gasteiger partial charge in [0.05, 0.1) is 19.3 Å². The largest absolute Gasteiger partial charge is 0.379 e. The fraction of sp³-hybridized carbons (Fsp3) is 0.846. The SMILES string of the molecule is Cc1noc(C(C)N2CCN(S(=O)(=O)N3CCOCC3)CC2)n1. The molecule has 130 valence electrons. The quantitative estimate of drug-likeness (QED) is 0.735. The van der Waals surface area contributed by atoms with E-state index in [2.05, 4.69) is 15.0 Å². The summed E-state index contributed by atoms with van der Waals surface area (Å²) < 4.78 is 38.8. The van der Waals surface area contributed by atoms with Crippen LogP contribution in [0.4, 0.5) is 0 Å². The van der Waals surface area contributed by atoms with Gasteiger partial charge in [-0.25, -0.2) is 0 Å². The summed E-state index contributed by atoms with van der Waals surface area (Å²) in [7, 11) is -3.39. The van der Waals surface area contributed by atoms with Crippen LogP contribution in [0.15, 0.2) is 4.52 Å². The second-order valence-electron chi connectivity index (χ2n) is 5.81. The molecule has 2 fully saturated rings. The van der Waals surface area contributed by atoms with E-state index < -0.39 is 10.2 Å². The first-order valence-corrected chi connectivity index (χ1v) is 9.25. The molecule has 0 N–H and O–H groups in total. The van der Waals surface area contributed by atoms with Gasteiger partial charge in [0, 0.05) is 39.3 Å². The number of hydrogen-bond donors (Lipinski definition) is 0. The molecule has 3 heterocycles. The van der Waals surface area contributed by atoms with E-state index >= 15 is 0 Å². The van der Waals surface area contributed by atoms with Gasteiger partial charge >= 0.3 is 0 Å². The maximum Gasteiger partial charge on any atom is 0.282 e. The van der Waals surface area contributed by atoms with Crippen molar-refractivity contribution in [2.45, 2.75) is 19.9 Å². The fourth-order valence-corrected chi connectivity index (χ4v) is 4.46. The smallest absolute Gasteiger partial charge is 0.282 e. The Morgan fingerprint density at radius 2 is 1.65 bits per heavy atom. The van der Waals surface area contributed by atoms with E-state index in [0.29, 0.717) is 64.2 Å². The Balaban J connectivity index is 1.59. The molecule has 1 aromatic heterocycles. The molecule has 0 aromatic carbocycles. The molecule has 2 aliphatic heterocycles. The zero-order valence-corrected chi connectivity index (χ0v) is 14.3. The van der Waals surface area contributed by atoms with Crippen LogP contribution in [0.1, 0.15) is 24.7 Å². The normalized spacial score (nSPS) is 23.9. The highest BCUT2D eigenvalue weighted by Gasteiger charge is 2.34. The van der Waals surface area contributed by atoms with Crippen molar-refractivity contribution in [2.24, 2.45) is 0 Å². The van der Waals surface area contributed by atoms with Crippen molar-refractivity contribution in [3.63, 3.8) is 0 Å². The molecule has 3 rings (SSSR count). The minimum absolute atomic E-state index is 0.00978. The Morgan fingerprint density at radius 1 is 1.04 bits per heavy atom. The van der Waals surface area contributed by atoms with Crippen molar-refractivity contribution < 1.29 is 17.7 Å². The topological polar surface area (TPSA) is 92.0 Å². The van der Waals surface area contributed by atoms with E-state index in [4.69, 9.17) is 9.26 Å². The van der Waals surface area contributed by atoms with Crippen LogP contribution in [0.5, 0.6) is 0 Å². The van der Waals surface area contributed by atoms with Crippen LogP contribution in [0.25, 0.3) is 0 Å². The van der Waals surface area contributed by atoms with Gasteiger partial charge in [0.2, 0.25) is 5.89 Å². The van der Waals surface area contributed by atoms with Gasteiger partial charge in [0.1, 0.15) is 0 Å². The predicted molar refractivity (Wildman–Crippen MR) is 81.9 cm³/mol. The molecular formula is C13H23N5O4S. The molecule has 0 bridgehead atoms. The van der Waals surface area contributed by atoms with E-state index in [1.165, 1.54) is 4.31 Å². The summed E-state index contributed by atoms with van der Waals surface area (Å²) in [6.45, 7) is 7.80. The van der Waals surface area contributed by atoms with Crippen LogP contribution in [-0.2, 0) is 14.9 Å². The number of hydrogen-bond acceptors (Lipinski definition) is 7. The summed E-state index contributed by atoms with van der Waals surface area (Å²) >= 11 is 0. The third-order valence-electron chi connectivity index (χ3n) is 4.34. The second kappa shape index (κ2) is 6.81. The molecule has 23 heavy (non-hydrogen) atoms. The third kappa shape index (κ3) is 3.56. The lowest BCUT2D eigenvalue weighted by Crippen LogP contribution is -2.55. The number of ether oxygens (including phenoxy) is 1. The summed E-state index contributed by atoms with van der Waals surface area (Å²) in [4.78, 5) is 6.42. The molecule has 0 aliphatic carbocycles. The fourth-order valence-electron chi connectivity index (χ4n) is 2.90. The van der Waals surface area contributed by atoms with E-state index in [1.54, 1.807) is 11.2 Å². The standard InChI is InChI=1S/C13H23N5O4S/c1-11(13-14-12(2)15-22-13)16-3-5-17(6-4-16)23(19,20)18-7-9-21-10-8-18/h11H,3-10H2,1-2H3. The zero-order valence-electron chi connectivity index (χ0n) is 13.5. The lowest BCUT2D eigenvalue weighted by atomic mass is 10.2. The Kier molecular flexibility index (Phi) is 4.97. The van der Waals surface area contributed by atoms with Gasteiger partial charge in [-0.1, -0.05) is 5.16 Å². The summed E-state index contributed by atoms with van der Waals surface area (Å²) in [5.74, 6) is 1.19. The van der Waals surface area contributed by atoms with E-state index in [0.717, 1.165) is 0 Å². The molecular weight excluding hydrogens is 322 g/mol. The number of rotatable bonds is 4. The number of nitrogens with zero attached hydrogens (tertiary/aromatic N) is 5. The third-order valence-corrected chi connectivity index (χ3v) is 6.38. The van der Waals surface area contributed by atoms with Gasteiger partial charge in [-0.05, 0) is 13.8 Å². The maximum atomic E-state index is 12.6. The molecule has 0 radical (unpaired) electrons. The van der Waals surface area contributed by atoms with Crippen LogP contribution in [-0.4, -0.2) is 84.6 Å². The van der Waals surface area contributed by atoms with Crippen molar-refractivity contribution >= 4 is 10.2 Å². The number of piperazine rings is 1. The molecule has 0 amide bonds. The first-order chi connectivity index (χ1) is 11.0. The molecule has 10 heteroatoms. The highest BCUT2D eigenvalue weighted by atomic mass is 32.2. The van der Waals surface area contributed by atoms with Crippen molar-refractivity contribution in [3.05, 3.63) is 11.7 Å². The van der Waals surface area contributed by atoms with Crippen molar-refractivity contribution in [1.29, 1.82) is 0 Å². The van der Waals surface area contributed by atoms with Crippen LogP contribution in [0, 0.1) is 6.92 Å². The Hall–Kier alpha value is -1.07. The Bertz CT molecular complexity index is 620. The molecule has 1 unspecified atom stereocenters. The average Bonchev–Trinajstić information content (AvgIpc) is 3.01. The monoisotopic (exact) mass is 345 g/mol. The Morgan fingerprint density at radius 3 is 2.22 bits per heavy atom. The minimum atomic E-state index is -3.39. The first-order valence-electron chi connectivity index (χ1n) is 7.85. The molecule has 1 atom stereocenters. The second-order valence-corrected chi connectivity index (χ2v) is 7.74. The van der Waals surface area contributed by atoms with Gasteiger partial charge in [-0.15, -0.1) is 0 Å². The van der Waals surface area contributed by atoms with Crippen molar-refractivity contribution in [3.8, 4) is 0 Å². The van der Waals surface area contributed by atoms with Gasteiger partial charge in [-0.2, -0.15) is 22.0 Å². The van der Waals surface area contributed by atoms with Gasteiger partial charge in [0.25, 0.3) is 10.2 Å². The summed E-state index contributed by atoms with van der Waals surface area (Å²) in [6, 6.07) is -0.00978. The summed E-state index contributed by atoms with van der Waals surface area (Å²) in [5.41, 5.74) is 0. The van der Waals surface area contributed by atoms with E-state index in [9.17, 15) is 8.42 Å². The lowest BCUT2D eigenvalue weighted by Gasteiger charge is -2.38. The highest BCUT2D eigenvalue weighted by Crippen LogP contribution is 2.22. The predicted octanol–water partition coefficient (Wildman–Crippen LogP) is -0.366. The Labute approximate surface area is 136 Å². The highest BCUT2D eigenvalue weighted by molar-refractivity contribution is 7.86. The number of aromatic nitrogens is 2. The summed E-state index contributed by atoms with van der Waals surface area (Å²) in [6.07, 6.45) is 0. The first kappa shape index (κ1) is 16.8. The van der Waals surface area contributed by atoms with Crippen molar-refractivity contribution in [2.75, 3.05) is 52.5 Å².